The first-order chi connectivity index (χ1) is 7.00. The van der Waals surface area contributed by atoms with Gasteiger partial charge in [-0.15, -0.1) is 0 Å². The van der Waals surface area contributed by atoms with Crippen LogP contribution in [-0.4, -0.2) is 23.1 Å². The van der Waals surface area contributed by atoms with Crippen molar-refractivity contribution >= 4 is 18.0 Å². The molecule has 0 atom stereocenters. The number of carbonyl (C=O) groups excluding carboxylic acids is 2. The van der Waals surface area contributed by atoms with Crippen LogP contribution in [0.25, 0.3) is 0 Å². The van der Waals surface area contributed by atoms with Gasteiger partial charge in [-0.25, -0.2) is 14.4 Å². The number of aromatic carboxylic acids is 1. The van der Waals surface area contributed by atoms with Crippen molar-refractivity contribution in [1.29, 1.82) is 0 Å². The molecule has 0 radical (unpaired) electrons. The second kappa shape index (κ2) is 4.23. The lowest BCUT2D eigenvalue weighted by Crippen LogP contribution is -2.18. The van der Waals surface area contributed by atoms with Gasteiger partial charge in [-0.2, -0.15) is 0 Å². The van der Waals surface area contributed by atoms with E-state index >= 15 is 0 Å². The molecule has 3 N–H and O–H groups in total. The van der Waals surface area contributed by atoms with Crippen LogP contribution in [0.5, 0.6) is 0 Å². The fraction of sp³-hybridized carbons (Fsp3) is 0. The van der Waals surface area contributed by atoms with Gasteiger partial charge in [0.15, 0.2) is 0 Å². The van der Waals surface area contributed by atoms with Crippen LogP contribution in [0.15, 0.2) is 24.3 Å². The van der Waals surface area contributed by atoms with Crippen molar-refractivity contribution in [2.75, 3.05) is 0 Å². The van der Waals surface area contributed by atoms with Gasteiger partial charge in [-0.3, -0.25) is 0 Å². The number of esters is 1. The van der Waals surface area contributed by atoms with Crippen LogP contribution in [0, 0.1) is 0 Å². The summed E-state index contributed by atoms with van der Waals surface area (Å²) in [6, 6.07) is 5.08. The largest absolute Gasteiger partial charge is 0.478 e. The quantitative estimate of drug-likeness (QED) is 0.548. The first-order valence-electron chi connectivity index (χ1n) is 3.85. The van der Waals surface area contributed by atoms with E-state index in [0.717, 1.165) is 6.07 Å². The number of nitrogens with two attached hydrogens (primary N) is 1. The minimum atomic E-state index is -1.24. The van der Waals surface area contributed by atoms with E-state index < -0.39 is 18.0 Å². The van der Waals surface area contributed by atoms with Gasteiger partial charge in [0.05, 0.1) is 11.1 Å². The predicted molar refractivity (Wildman–Crippen MR) is 48.4 cm³/mol. The number of hydrogen-bond acceptors (Lipinski definition) is 4. The smallest absolute Gasteiger partial charge is 0.412 e. The molecule has 0 unspecified atom stereocenters. The molecule has 1 rings (SSSR count). The Morgan fingerprint density at radius 2 is 1.80 bits per heavy atom. The fourth-order valence-electron chi connectivity index (χ4n) is 0.929. The van der Waals surface area contributed by atoms with Crippen molar-refractivity contribution in [3.05, 3.63) is 35.4 Å². The van der Waals surface area contributed by atoms with E-state index in [2.05, 4.69) is 10.5 Å². The first kappa shape index (κ1) is 10.7. The maximum Gasteiger partial charge on any atom is 0.412 e. The van der Waals surface area contributed by atoms with Gasteiger partial charge in [-0.05, 0) is 18.2 Å². The zero-order chi connectivity index (χ0) is 11.4. The molecule has 0 heterocycles. The molecular weight excluding hydrogens is 202 g/mol. The highest BCUT2D eigenvalue weighted by atomic mass is 16.6. The van der Waals surface area contributed by atoms with Crippen LogP contribution in [0.1, 0.15) is 20.7 Å². The number of benzene rings is 1. The average Bonchev–Trinajstić information content (AvgIpc) is 2.17. The van der Waals surface area contributed by atoms with Crippen molar-refractivity contribution < 1.29 is 24.2 Å². The summed E-state index contributed by atoms with van der Waals surface area (Å²) in [4.78, 5) is 31.9. The molecule has 1 aromatic rings. The van der Waals surface area contributed by atoms with Crippen molar-refractivity contribution in [3.63, 3.8) is 0 Å². The lowest BCUT2D eigenvalue weighted by atomic mass is 10.1. The summed E-state index contributed by atoms with van der Waals surface area (Å²) in [5, 5.41) is 8.63. The Morgan fingerprint density at radius 3 is 2.33 bits per heavy atom. The van der Waals surface area contributed by atoms with Crippen LogP contribution >= 0.6 is 0 Å². The molecule has 6 heteroatoms. The van der Waals surface area contributed by atoms with Gasteiger partial charge < -0.3 is 15.6 Å². The maximum absolute atomic E-state index is 11.1. The third-order valence-electron chi connectivity index (χ3n) is 1.54. The Hall–Kier alpha value is -2.37. The summed E-state index contributed by atoms with van der Waals surface area (Å²) in [6.45, 7) is 0. The third-order valence-corrected chi connectivity index (χ3v) is 1.54. The highest BCUT2D eigenvalue weighted by Gasteiger charge is 2.12. The van der Waals surface area contributed by atoms with Gasteiger partial charge in [0.25, 0.3) is 0 Å². The molecule has 0 aliphatic heterocycles. The van der Waals surface area contributed by atoms with Gasteiger partial charge in [0.2, 0.25) is 0 Å². The Kier molecular flexibility index (Phi) is 3.02. The summed E-state index contributed by atoms with van der Waals surface area (Å²) in [5.41, 5.74) is 4.51. The van der Waals surface area contributed by atoms with E-state index in [-0.39, 0.29) is 11.1 Å². The van der Waals surface area contributed by atoms with E-state index in [0.29, 0.717) is 0 Å². The normalized spacial score (nSPS) is 9.33. The monoisotopic (exact) mass is 209 g/mol. The zero-order valence-electron chi connectivity index (χ0n) is 7.47. The van der Waals surface area contributed by atoms with Crippen LogP contribution in [0.2, 0.25) is 0 Å². The number of carboxylic acids is 1. The second-order valence-electron chi connectivity index (χ2n) is 2.59. The SMILES string of the molecule is NC(=O)OC(=O)c1cccc(C(=O)O)c1. The number of ether oxygens (including phenoxy) is 1. The van der Waals surface area contributed by atoms with Crippen LogP contribution in [0.3, 0.4) is 0 Å². The highest BCUT2D eigenvalue weighted by molar-refractivity contribution is 5.98. The average molecular weight is 209 g/mol. The Labute approximate surface area is 84.3 Å². The van der Waals surface area contributed by atoms with E-state index in [1.54, 1.807) is 0 Å². The van der Waals surface area contributed by atoms with Crippen LogP contribution in [0.4, 0.5) is 4.79 Å². The molecule has 15 heavy (non-hydrogen) atoms. The van der Waals surface area contributed by atoms with E-state index in [9.17, 15) is 14.4 Å². The summed E-state index contributed by atoms with van der Waals surface area (Å²) < 4.78 is 4.08. The minimum Gasteiger partial charge on any atom is -0.478 e. The molecule has 0 aromatic heterocycles. The molecule has 0 saturated carbocycles. The molecule has 0 aliphatic carbocycles. The van der Waals surface area contributed by atoms with Crippen LogP contribution in [-0.2, 0) is 4.74 Å². The second-order valence-corrected chi connectivity index (χ2v) is 2.59. The Balaban J connectivity index is 2.95. The molecular formula is C9H7NO5. The number of rotatable bonds is 2. The van der Waals surface area contributed by atoms with Gasteiger partial charge in [-0.1, -0.05) is 6.07 Å². The number of primary amides is 1. The number of carboxylic acid groups (broad SMARTS) is 1. The molecule has 0 aliphatic rings. The summed E-state index contributed by atoms with van der Waals surface area (Å²) in [7, 11) is 0. The molecule has 6 nitrogen and oxygen atoms in total. The first-order valence-corrected chi connectivity index (χ1v) is 3.85. The van der Waals surface area contributed by atoms with Gasteiger partial charge in [0.1, 0.15) is 0 Å². The molecule has 0 spiro atoms. The van der Waals surface area contributed by atoms with E-state index in [1.807, 2.05) is 0 Å². The van der Waals surface area contributed by atoms with Gasteiger partial charge >= 0.3 is 18.0 Å². The van der Waals surface area contributed by atoms with Crippen molar-refractivity contribution in [2.45, 2.75) is 0 Å². The predicted octanol–water partition coefficient (Wildman–Crippen LogP) is 0.620. The molecule has 1 amide bonds. The van der Waals surface area contributed by atoms with E-state index in [4.69, 9.17) is 5.11 Å². The number of amides is 1. The summed E-state index contributed by atoms with van der Waals surface area (Å²) in [6.07, 6.45) is -1.24. The number of hydrogen-bond donors (Lipinski definition) is 2. The van der Waals surface area contributed by atoms with Gasteiger partial charge in [0, 0.05) is 0 Å². The standard InChI is InChI=1S/C9H7NO5/c10-9(14)15-8(13)6-3-1-2-5(4-6)7(11)12/h1-4H,(H2,10,14)(H,11,12). The summed E-state index contributed by atoms with van der Waals surface area (Å²) >= 11 is 0. The lowest BCUT2D eigenvalue weighted by molar-refractivity contribution is 0.0638. The number of carbonyl (C=O) groups is 3. The Morgan fingerprint density at radius 1 is 1.20 bits per heavy atom. The third kappa shape index (κ3) is 2.80. The lowest BCUT2D eigenvalue weighted by Gasteiger charge is -2.00. The molecule has 0 saturated heterocycles. The minimum absolute atomic E-state index is 0.0475. The summed E-state index contributed by atoms with van der Waals surface area (Å²) in [5.74, 6) is -2.16. The van der Waals surface area contributed by atoms with E-state index in [1.165, 1.54) is 18.2 Å². The van der Waals surface area contributed by atoms with Crippen molar-refractivity contribution in [1.82, 2.24) is 0 Å². The topological polar surface area (TPSA) is 107 Å². The van der Waals surface area contributed by atoms with Crippen LogP contribution < -0.4 is 5.73 Å². The fourth-order valence-corrected chi connectivity index (χ4v) is 0.929. The Bertz CT molecular complexity index is 426. The highest BCUT2D eigenvalue weighted by Crippen LogP contribution is 2.06. The van der Waals surface area contributed by atoms with Crippen molar-refractivity contribution in [3.8, 4) is 0 Å². The zero-order valence-corrected chi connectivity index (χ0v) is 7.47. The molecule has 1 aromatic carbocycles. The molecule has 0 bridgehead atoms. The molecule has 0 fully saturated rings. The maximum atomic E-state index is 11.1. The molecule has 78 valence electrons. The van der Waals surface area contributed by atoms with Crippen molar-refractivity contribution in [2.24, 2.45) is 5.73 Å².